The predicted molar refractivity (Wildman–Crippen MR) is 97.8 cm³/mol. The van der Waals surface area contributed by atoms with Crippen molar-refractivity contribution in [2.75, 3.05) is 26.5 Å². The molecule has 1 fully saturated rings. The molecule has 0 unspecified atom stereocenters. The molecule has 0 spiro atoms. The maximum absolute atomic E-state index is 12.8. The lowest BCUT2D eigenvalue weighted by atomic mass is 9.75. The van der Waals surface area contributed by atoms with Gasteiger partial charge in [-0.25, -0.2) is 0 Å². The third kappa shape index (κ3) is 4.44. The van der Waals surface area contributed by atoms with Gasteiger partial charge in [-0.1, -0.05) is 26.2 Å². The summed E-state index contributed by atoms with van der Waals surface area (Å²) in [5, 5.41) is 2.95. The number of hydrogen-bond donors (Lipinski definition) is 1. The minimum atomic E-state index is -0.338. The van der Waals surface area contributed by atoms with Crippen molar-refractivity contribution in [3.05, 3.63) is 18.2 Å². The molecule has 2 rings (SSSR count). The summed E-state index contributed by atoms with van der Waals surface area (Å²) < 4.78 is 5.26. The Kier molecular flexibility index (Phi) is 6.15. The van der Waals surface area contributed by atoms with E-state index in [0.717, 1.165) is 42.3 Å². The lowest BCUT2D eigenvalue weighted by Gasteiger charge is -2.32. The van der Waals surface area contributed by atoms with E-state index in [2.05, 4.69) is 5.32 Å². The highest BCUT2D eigenvalue weighted by molar-refractivity contribution is 8.13. The van der Waals surface area contributed by atoms with E-state index in [9.17, 15) is 9.59 Å². The van der Waals surface area contributed by atoms with Gasteiger partial charge in [0.05, 0.1) is 12.8 Å². The first-order chi connectivity index (χ1) is 11.4. The van der Waals surface area contributed by atoms with Gasteiger partial charge in [-0.3, -0.25) is 9.59 Å². The molecule has 1 aromatic carbocycles. The van der Waals surface area contributed by atoms with Crippen molar-refractivity contribution in [2.45, 2.75) is 43.9 Å². The molecule has 5 nitrogen and oxygen atoms in total. The molecule has 0 aliphatic heterocycles. The van der Waals surface area contributed by atoms with Gasteiger partial charge < -0.3 is 15.0 Å². The molecule has 1 aliphatic rings. The summed E-state index contributed by atoms with van der Waals surface area (Å²) in [5.74, 6) is 0.676. The van der Waals surface area contributed by atoms with Crippen LogP contribution in [-0.4, -0.2) is 37.3 Å². The molecular weight excluding hydrogens is 324 g/mol. The van der Waals surface area contributed by atoms with Gasteiger partial charge in [-0.05, 0) is 36.7 Å². The van der Waals surface area contributed by atoms with Crippen LogP contribution >= 0.6 is 11.8 Å². The topological polar surface area (TPSA) is 58.6 Å². The van der Waals surface area contributed by atoms with Gasteiger partial charge in [0.2, 0.25) is 5.91 Å². The monoisotopic (exact) mass is 350 g/mol. The van der Waals surface area contributed by atoms with E-state index < -0.39 is 0 Å². The first-order valence-electron chi connectivity index (χ1n) is 8.24. The second-order valence-corrected chi connectivity index (χ2v) is 7.69. The minimum Gasteiger partial charge on any atom is -0.497 e. The van der Waals surface area contributed by atoms with Crippen molar-refractivity contribution in [3.8, 4) is 5.75 Å². The number of methoxy groups -OCH3 is 1. The number of nitrogens with one attached hydrogen (secondary N) is 1. The Morgan fingerprint density at radius 2 is 1.88 bits per heavy atom. The molecule has 1 aromatic rings. The van der Waals surface area contributed by atoms with Crippen LogP contribution < -0.4 is 10.1 Å². The summed E-state index contributed by atoms with van der Waals surface area (Å²) in [6.07, 6.45) is 5.18. The van der Waals surface area contributed by atoms with E-state index in [1.807, 2.05) is 13.0 Å². The van der Waals surface area contributed by atoms with Crippen molar-refractivity contribution < 1.29 is 14.3 Å². The fraction of sp³-hybridized carbons (Fsp3) is 0.556. The average molecular weight is 350 g/mol. The van der Waals surface area contributed by atoms with Crippen molar-refractivity contribution in [2.24, 2.45) is 5.41 Å². The second kappa shape index (κ2) is 7.92. The number of hydrogen-bond acceptors (Lipinski definition) is 4. The van der Waals surface area contributed by atoms with Crippen LogP contribution in [0.25, 0.3) is 0 Å². The van der Waals surface area contributed by atoms with Gasteiger partial charge in [0.25, 0.3) is 5.24 Å². The number of rotatable bonds is 4. The van der Waals surface area contributed by atoms with Crippen LogP contribution in [0.4, 0.5) is 10.5 Å². The second-order valence-electron chi connectivity index (χ2n) is 6.70. The average Bonchev–Trinajstić information content (AvgIpc) is 2.56. The Labute approximate surface area is 148 Å². The highest BCUT2D eigenvalue weighted by atomic mass is 32.2. The van der Waals surface area contributed by atoms with Crippen LogP contribution in [0, 0.1) is 5.41 Å². The Hall–Kier alpha value is -1.69. The molecule has 1 saturated carbocycles. The van der Waals surface area contributed by atoms with Crippen molar-refractivity contribution >= 4 is 28.6 Å². The number of amides is 2. The third-order valence-corrected chi connectivity index (χ3v) is 5.62. The van der Waals surface area contributed by atoms with E-state index in [1.54, 1.807) is 33.3 Å². The number of benzene rings is 1. The summed E-state index contributed by atoms with van der Waals surface area (Å²) in [7, 11) is 5.00. The number of thioether (sulfide) groups is 1. The van der Waals surface area contributed by atoms with E-state index in [1.165, 1.54) is 11.3 Å². The van der Waals surface area contributed by atoms with Gasteiger partial charge in [0, 0.05) is 30.5 Å². The third-order valence-electron chi connectivity index (χ3n) is 4.50. The minimum absolute atomic E-state index is 0.0228. The highest BCUT2D eigenvalue weighted by Gasteiger charge is 2.34. The van der Waals surface area contributed by atoms with Crippen LogP contribution in [-0.2, 0) is 4.79 Å². The van der Waals surface area contributed by atoms with E-state index in [0.29, 0.717) is 11.4 Å². The quantitative estimate of drug-likeness (QED) is 0.819. The van der Waals surface area contributed by atoms with Crippen LogP contribution in [0.2, 0.25) is 0 Å². The summed E-state index contributed by atoms with van der Waals surface area (Å²) >= 11 is 1.10. The van der Waals surface area contributed by atoms with Crippen LogP contribution in [0.1, 0.15) is 39.0 Å². The first kappa shape index (κ1) is 18.6. The summed E-state index contributed by atoms with van der Waals surface area (Å²) in [4.78, 5) is 27.1. The van der Waals surface area contributed by atoms with Crippen LogP contribution in [0.3, 0.4) is 0 Å². The SMILES string of the molecule is COc1ccc(SC(=O)N(C)C)c(NC(=O)C2(C)CCCCC2)c1. The first-order valence-corrected chi connectivity index (χ1v) is 9.06. The lowest BCUT2D eigenvalue weighted by Crippen LogP contribution is -2.35. The zero-order chi connectivity index (χ0) is 17.7. The standard InChI is InChI=1S/C18H26N2O3S/c1-18(10-6-5-7-11-18)16(21)19-14-12-13(23-4)8-9-15(14)24-17(22)20(2)3/h8-9,12H,5-7,10-11H2,1-4H3,(H,19,21). The zero-order valence-electron chi connectivity index (χ0n) is 14.8. The number of nitrogens with zero attached hydrogens (tertiary/aromatic N) is 1. The largest absolute Gasteiger partial charge is 0.497 e. The fourth-order valence-electron chi connectivity index (χ4n) is 2.84. The normalized spacial score (nSPS) is 16.3. The maximum atomic E-state index is 12.8. The molecule has 24 heavy (non-hydrogen) atoms. The highest BCUT2D eigenvalue weighted by Crippen LogP contribution is 2.38. The maximum Gasteiger partial charge on any atom is 0.286 e. The van der Waals surface area contributed by atoms with Gasteiger partial charge in [-0.15, -0.1) is 0 Å². The Balaban J connectivity index is 2.23. The molecule has 132 valence electrons. The van der Waals surface area contributed by atoms with Crippen molar-refractivity contribution in [1.29, 1.82) is 0 Å². The summed E-state index contributed by atoms with van der Waals surface area (Å²) in [6.45, 7) is 2.03. The molecule has 0 atom stereocenters. The van der Waals surface area contributed by atoms with Crippen molar-refractivity contribution in [1.82, 2.24) is 4.90 Å². The van der Waals surface area contributed by atoms with Crippen LogP contribution in [0.5, 0.6) is 5.75 Å². The number of carbonyl (C=O) groups excluding carboxylic acids is 2. The van der Waals surface area contributed by atoms with Crippen LogP contribution in [0.15, 0.2) is 23.1 Å². The molecule has 6 heteroatoms. The van der Waals surface area contributed by atoms with Crippen molar-refractivity contribution in [3.63, 3.8) is 0 Å². The number of carbonyl (C=O) groups is 2. The number of anilines is 1. The molecule has 1 N–H and O–H groups in total. The van der Waals surface area contributed by atoms with Gasteiger partial charge in [0.1, 0.15) is 5.75 Å². The van der Waals surface area contributed by atoms with Gasteiger partial charge in [0.15, 0.2) is 0 Å². The Morgan fingerprint density at radius 1 is 1.21 bits per heavy atom. The zero-order valence-corrected chi connectivity index (χ0v) is 15.7. The Morgan fingerprint density at radius 3 is 2.46 bits per heavy atom. The molecule has 0 radical (unpaired) electrons. The predicted octanol–water partition coefficient (Wildman–Crippen LogP) is 4.38. The molecule has 1 aliphatic carbocycles. The summed E-state index contributed by atoms with van der Waals surface area (Å²) in [5.41, 5.74) is 0.292. The smallest absolute Gasteiger partial charge is 0.286 e. The van der Waals surface area contributed by atoms with E-state index >= 15 is 0 Å². The fourth-order valence-corrected chi connectivity index (χ4v) is 3.57. The van der Waals surface area contributed by atoms with Gasteiger partial charge in [-0.2, -0.15) is 0 Å². The number of ether oxygens (including phenoxy) is 1. The Bertz CT molecular complexity index is 610. The molecule has 0 aromatic heterocycles. The van der Waals surface area contributed by atoms with E-state index in [-0.39, 0.29) is 16.6 Å². The molecule has 2 amide bonds. The summed E-state index contributed by atoms with van der Waals surface area (Å²) in [6, 6.07) is 5.38. The lowest BCUT2D eigenvalue weighted by molar-refractivity contribution is -0.126. The molecule has 0 heterocycles. The molecule has 0 saturated heterocycles. The molecular formula is C18H26N2O3S. The van der Waals surface area contributed by atoms with Gasteiger partial charge >= 0.3 is 0 Å². The molecule has 0 bridgehead atoms. The van der Waals surface area contributed by atoms with E-state index in [4.69, 9.17) is 4.74 Å².